The highest BCUT2D eigenvalue weighted by Crippen LogP contribution is 2.38. The molecule has 0 bridgehead atoms. The van der Waals surface area contributed by atoms with E-state index < -0.39 is 0 Å². The van der Waals surface area contributed by atoms with Crippen LogP contribution in [-0.2, 0) is 24.2 Å². The molecule has 162 valence electrons. The molecule has 31 heavy (non-hydrogen) atoms. The van der Waals surface area contributed by atoms with Crippen LogP contribution in [0.5, 0.6) is 0 Å². The molecule has 1 saturated heterocycles. The zero-order valence-corrected chi connectivity index (χ0v) is 18.7. The fourth-order valence-corrected chi connectivity index (χ4v) is 5.27. The normalized spacial score (nSPS) is 20.5. The minimum absolute atomic E-state index is 0.0868. The van der Waals surface area contributed by atoms with E-state index in [0.29, 0.717) is 11.2 Å². The second kappa shape index (κ2) is 8.11. The number of nitrogens with zero attached hydrogens (tertiary/aromatic N) is 5. The molecule has 3 aliphatic rings. The van der Waals surface area contributed by atoms with E-state index in [1.807, 2.05) is 6.07 Å². The van der Waals surface area contributed by atoms with Crippen LogP contribution in [0.25, 0.3) is 6.08 Å². The predicted molar refractivity (Wildman–Crippen MR) is 122 cm³/mol. The summed E-state index contributed by atoms with van der Waals surface area (Å²) in [4.78, 5) is 30.6. The van der Waals surface area contributed by atoms with Gasteiger partial charge in [0.2, 0.25) is 5.91 Å². The highest BCUT2D eigenvalue weighted by atomic mass is 35.5. The van der Waals surface area contributed by atoms with Gasteiger partial charge >= 0.3 is 0 Å². The molecule has 1 atom stereocenters. The number of pyridine rings is 1. The van der Waals surface area contributed by atoms with E-state index >= 15 is 0 Å². The van der Waals surface area contributed by atoms with E-state index in [1.165, 1.54) is 11.1 Å². The fraction of sp³-hybridized carbons (Fsp3) is 0.478. The second-order valence-electron chi connectivity index (χ2n) is 8.61. The van der Waals surface area contributed by atoms with Crippen molar-refractivity contribution in [3.8, 4) is 0 Å². The van der Waals surface area contributed by atoms with Gasteiger partial charge in [0.15, 0.2) is 0 Å². The Morgan fingerprint density at radius 1 is 1.23 bits per heavy atom. The number of amides is 1. The molecule has 1 amide bonds. The molecule has 0 radical (unpaired) electrons. The SMILES string of the molecule is CNC(=O)C1CCN(c2ncnc3c2CN(c2cc(Cl)nc4c2C=CC4)[C@H](C)C3)CC1. The van der Waals surface area contributed by atoms with Gasteiger partial charge in [0.05, 0.1) is 11.4 Å². The Morgan fingerprint density at radius 3 is 2.81 bits per heavy atom. The monoisotopic (exact) mass is 438 g/mol. The Balaban J connectivity index is 1.45. The number of hydrogen-bond acceptors (Lipinski definition) is 6. The smallest absolute Gasteiger partial charge is 0.222 e. The van der Waals surface area contributed by atoms with Crippen LogP contribution in [0.1, 0.15) is 42.3 Å². The maximum absolute atomic E-state index is 12.0. The number of aromatic nitrogens is 3. The first kappa shape index (κ1) is 20.2. The standard InChI is InChI=1S/C23H27ClN6O/c1-14-10-19-17(12-30(14)20-11-21(24)28-18-5-3-4-16(18)20)22(27-13-26-19)29-8-6-15(7-9-29)23(31)25-2/h3-4,11,13-15H,5-10,12H2,1-2H3,(H,25,31)/t14-/m1/s1. The molecule has 0 spiro atoms. The molecule has 1 fully saturated rings. The van der Waals surface area contributed by atoms with Crippen molar-refractivity contribution in [3.05, 3.63) is 46.1 Å². The number of carbonyl (C=O) groups excluding carboxylic acids is 1. The molecule has 1 N–H and O–H groups in total. The molecule has 5 rings (SSSR count). The van der Waals surface area contributed by atoms with E-state index in [4.69, 9.17) is 11.6 Å². The van der Waals surface area contributed by atoms with Crippen LogP contribution in [0.2, 0.25) is 5.15 Å². The van der Waals surface area contributed by atoms with Crippen molar-refractivity contribution in [2.45, 2.75) is 45.2 Å². The van der Waals surface area contributed by atoms with Gasteiger partial charge in [-0.15, -0.1) is 0 Å². The lowest BCUT2D eigenvalue weighted by molar-refractivity contribution is -0.125. The van der Waals surface area contributed by atoms with Crippen LogP contribution in [0, 0.1) is 5.92 Å². The van der Waals surface area contributed by atoms with Crippen LogP contribution < -0.4 is 15.1 Å². The van der Waals surface area contributed by atoms with E-state index in [1.54, 1.807) is 13.4 Å². The summed E-state index contributed by atoms with van der Waals surface area (Å²) in [6, 6.07) is 2.28. The van der Waals surface area contributed by atoms with Gasteiger partial charge in [-0.05, 0) is 25.8 Å². The summed E-state index contributed by atoms with van der Waals surface area (Å²) >= 11 is 6.37. The fourth-order valence-electron chi connectivity index (χ4n) is 5.07. The van der Waals surface area contributed by atoms with Gasteiger partial charge in [-0.3, -0.25) is 4.79 Å². The number of rotatable bonds is 3. The van der Waals surface area contributed by atoms with Crippen LogP contribution >= 0.6 is 11.6 Å². The number of fused-ring (bicyclic) bond motifs is 2. The molecule has 0 saturated carbocycles. The van der Waals surface area contributed by atoms with Crippen LogP contribution in [0.3, 0.4) is 0 Å². The van der Waals surface area contributed by atoms with Crippen molar-refractivity contribution in [1.82, 2.24) is 20.3 Å². The topological polar surface area (TPSA) is 74.2 Å². The van der Waals surface area contributed by atoms with Gasteiger partial charge in [0.25, 0.3) is 0 Å². The van der Waals surface area contributed by atoms with E-state index in [9.17, 15) is 4.79 Å². The number of piperidine rings is 1. The molecule has 1 aliphatic carbocycles. The predicted octanol–water partition coefficient (Wildman–Crippen LogP) is 3.01. The van der Waals surface area contributed by atoms with Crippen LogP contribution in [0.15, 0.2) is 18.5 Å². The lowest BCUT2D eigenvalue weighted by atomic mass is 9.94. The Kier molecular flexibility index (Phi) is 5.30. The zero-order valence-electron chi connectivity index (χ0n) is 17.9. The molecule has 8 heteroatoms. The number of nitrogens with one attached hydrogen (secondary N) is 1. The maximum Gasteiger partial charge on any atom is 0.222 e. The molecule has 0 unspecified atom stereocenters. The molecular weight excluding hydrogens is 412 g/mol. The largest absolute Gasteiger partial charge is 0.363 e. The lowest BCUT2D eigenvalue weighted by Crippen LogP contribution is -2.43. The first-order chi connectivity index (χ1) is 15.0. The molecule has 2 aromatic heterocycles. The lowest BCUT2D eigenvalue weighted by Gasteiger charge is -2.40. The Hall–Kier alpha value is -2.67. The number of hydrogen-bond donors (Lipinski definition) is 1. The molecule has 2 aliphatic heterocycles. The summed E-state index contributed by atoms with van der Waals surface area (Å²) in [5.74, 6) is 1.23. The van der Waals surface area contributed by atoms with Crippen molar-refractivity contribution in [2.24, 2.45) is 5.92 Å². The number of carbonyl (C=O) groups is 1. The van der Waals surface area contributed by atoms with Crippen molar-refractivity contribution in [1.29, 1.82) is 0 Å². The van der Waals surface area contributed by atoms with Crippen molar-refractivity contribution < 1.29 is 4.79 Å². The number of halogens is 1. The molecule has 2 aromatic rings. The summed E-state index contributed by atoms with van der Waals surface area (Å²) in [6.07, 6.45) is 9.36. The molecule has 4 heterocycles. The summed E-state index contributed by atoms with van der Waals surface area (Å²) in [7, 11) is 1.71. The van der Waals surface area contributed by atoms with Gasteiger partial charge < -0.3 is 15.1 Å². The second-order valence-corrected chi connectivity index (χ2v) is 9.00. The summed E-state index contributed by atoms with van der Waals surface area (Å²) in [5.41, 5.74) is 5.65. The number of anilines is 2. The van der Waals surface area contributed by atoms with E-state index in [-0.39, 0.29) is 11.8 Å². The average Bonchev–Trinajstić information content (AvgIpc) is 3.25. The zero-order chi connectivity index (χ0) is 21.5. The minimum Gasteiger partial charge on any atom is -0.363 e. The van der Waals surface area contributed by atoms with Gasteiger partial charge in [-0.2, -0.15) is 0 Å². The van der Waals surface area contributed by atoms with Crippen LogP contribution in [0.4, 0.5) is 11.5 Å². The maximum atomic E-state index is 12.0. The Bertz CT molecular complexity index is 1050. The van der Waals surface area contributed by atoms with Crippen molar-refractivity contribution in [3.63, 3.8) is 0 Å². The average molecular weight is 439 g/mol. The summed E-state index contributed by atoms with van der Waals surface area (Å²) < 4.78 is 0. The molecule has 0 aromatic carbocycles. The van der Waals surface area contributed by atoms with Crippen molar-refractivity contribution >= 4 is 35.1 Å². The summed E-state index contributed by atoms with van der Waals surface area (Å²) in [6.45, 7) is 4.63. The van der Waals surface area contributed by atoms with Gasteiger partial charge in [-0.1, -0.05) is 23.8 Å². The van der Waals surface area contributed by atoms with Crippen molar-refractivity contribution in [2.75, 3.05) is 29.9 Å². The highest BCUT2D eigenvalue weighted by molar-refractivity contribution is 6.29. The summed E-state index contributed by atoms with van der Waals surface area (Å²) in [5, 5.41) is 3.32. The van der Waals surface area contributed by atoms with Crippen LogP contribution in [-0.4, -0.2) is 47.0 Å². The van der Waals surface area contributed by atoms with Gasteiger partial charge in [0, 0.05) is 68.3 Å². The quantitative estimate of drug-likeness (QED) is 0.742. The Morgan fingerprint density at radius 2 is 2.03 bits per heavy atom. The first-order valence-corrected chi connectivity index (χ1v) is 11.3. The third-order valence-corrected chi connectivity index (χ3v) is 6.96. The van der Waals surface area contributed by atoms with E-state index in [2.05, 4.69) is 49.1 Å². The minimum atomic E-state index is 0.0868. The third-order valence-electron chi connectivity index (χ3n) is 6.76. The van der Waals surface area contributed by atoms with E-state index in [0.717, 1.165) is 68.2 Å². The van der Waals surface area contributed by atoms with Gasteiger partial charge in [0.1, 0.15) is 17.3 Å². The highest BCUT2D eigenvalue weighted by Gasteiger charge is 2.32. The molecule has 7 nitrogen and oxygen atoms in total. The van der Waals surface area contributed by atoms with Gasteiger partial charge in [-0.25, -0.2) is 15.0 Å². The first-order valence-electron chi connectivity index (χ1n) is 11.0. The number of allylic oxidation sites excluding steroid dienone is 1. The molecular formula is C23H27ClN6O. The third kappa shape index (κ3) is 3.65. The Labute approximate surface area is 187 Å².